The van der Waals surface area contributed by atoms with Gasteiger partial charge in [-0.2, -0.15) is 0 Å². The van der Waals surface area contributed by atoms with E-state index in [0.29, 0.717) is 0 Å². The third kappa shape index (κ3) is 3.75. The third-order valence-corrected chi connectivity index (χ3v) is 2.60. The molecule has 0 aromatic carbocycles. The van der Waals surface area contributed by atoms with Crippen LogP contribution in [0.1, 0.15) is 6.42 Å². The standard InChI is InChI=1S/C11H17N4O/c1(5-15-6-8-16-9-7-15)3-13-11-2-4-12-10-14-11/h2,4H,1,3,5-9H2,(H,12,13,14). The van der Waals surface area contributed by atoms with Crippen molar-refractivity contribution in [3.63, 3.8) is 0 Å². The molecule has 1 radical (unpaired) electrons. The molecule has 1 fully saturated rings. The fourth-order valence-corrected chi connectivity index (χ4v) is 1.70. The Hall–Kier alpha value is -1.20. The van der Waals surface area contributed by atoms with Crippen LogP contribution >= 0.6 is 0 Å². The van der Waals surface area contributed by atoms with E-state index in [9.17, 15) is 0 Å². The lowest BCUT2D eigenvalue weighted by atomic mass is 10.3. The Morgan fingerprint density at radius 2 is 2.31 bits per heavy atom. The van der Waals surface area contributed by atoms with Gasteiger partial charge in [0.25, 0.3) is 0 Å². The molecule has 1 aliphatic heterocycles. The zero-order valence-electron chi connectivity index (χ0n) is 9.35. The van der Waals surface area contributed by atoms with Gasteiger partial charge in [-0.3, -0.25) is 4.90 Å². The van der Waals surface area contributed by atoms with E-state index in [-0.39, 0.29) is 0 Å². The van der Waals surface area contributed by atoms with Gasteiger partial charge in [0.1, 0.15) is 5.82 Å². The van der Waals surface area contributed by atoms with Crippen LogP contribution in [0.25, 0.3) is 0 Å². The Labute approximate surface area is 95.8 Å². The van der Waals surface area contributed by atoms with Crippen LogP contribution in [-0.2, 0) is 4.74 Å². The van der Waals surface area contributed by atoms with E-state index in [1.165, 1.54) is 0 Å². The van der Waals surface area contributed by atoms with Gasteiger partial charge in [0.15, 0.2) is 6.33 Å². The highest BCUT2D eigenvalue weighted by molar-refractivity contribution is 5.30. The number of nitrogens with one attached hydrogen (secondary N) is 1. The van der Waals surface area contributed by atoms with Crippen molar-refractivity contribution in [2.45, 2.75) is 6.42 Å². The van der Waals surface area contributed by atoms with Crippen LogP contribution in [-0.4, -0.2) is 54.3 Å². The number of aromatic nitrogens is 2. The van der Waals surface area contributed by atoms with Gasteiger partial charge in [-0.25, -0.2) is 9.97 Å². The van der Waals surface area contributed by atoms with Crippen LogP contribution < -0.4 is 5.32 Å². The Bertz CT molecular complexity index is 287. The monoisotopic (exact) mass is 221 g/mol. The van der Waals surface area contributed by atoms with E-state index < -0.39 is 0 Å². The lowest BCUT2D eigenvalue weighted by molar-refractivity contribution is 0.0378. The molecule has 0 unspecified atom stereocenters. The molecule has 0 amide bonds. The molecule has 1 aromatic rings. The number of morpholine rings is 1. The minimum absolute atomic E-state index is 0.844. The van der Waals surface area contributed by atoms with Gasteiger partial charge in [0.05, 0.1) is 13.2 Å². The summed E-state index contributed by atoms with van der Waals surface area (Å²) >= 11 is 0. The molecule has 87 valence electrons. The number of rotatable bonds is 5. The summed E-state index contributed by atoms with van der Waals surface area (Å²) in [7, 11) is 0. The smallest absolute Gasteiger partial charge is 0.199 e. The predicted molar refractivity (Wildman–Crippen MR) is 61.2 cm³/mol. The summed E-state index contributed by atoms with van der Waals surface area (Å²) in [4.78, 5) is 10.2. The first kappa shape index (κ1) is 11.3. The SMILES string of the molecule is [c]1nccc(NCCCN2CCOCC2)n1. The van der Waals surface area contributed by atoms with Gasteiger partial charge in [0.2, 0.25) is 0 Å². The first-order valence-corrected chi connectivity index (χ1v) is 5.68. The summed E-state index contributed by atoms with van der Waals surface area (Å²) in [6.45, 7) is 5.90. The summed E-state index contributed by atoms with van der Waals surface area (Å²) in [5, 5.41) is 3.24. The summed E-state index contributed by atoms with van der Waals surface area (Å²) < 4.78 is 5.30. The first-order chi connectivity index (χ1) is 7.95. The Balaban J connectivity index is 1.58. The topological polar surface area (TPSA) is 50.3 Å². The molecule has 1 saturated heterocycles. The van der Waals surface area contributed by atoms with Crippen LogP contribution in [0.2, 0.25) is 0 Å². The second kappa shape index (κ2) is 6.40. The molecule has 2 heterocycles. The van der Waals surface area contributed by atoms with Crippen LogP contribution in [0, 0.1) is 6.33 Å². The molecule has 0 aliphatic carbocycles. The zero-order valence-corrected chi connectivity index (χ0v) is 9.35. The van der Waals surface area contributed by atoms with Gasteiger partial charge < -0.3 is 10.1 Å². The van der Waals surface area contributed by atoms with Gasteiger partial charge >= 0.3 is 0 Å². The van der Waals surface area contributed by atoms with Gasteiger partial charge in [-0.15, -0.1) is 0 Å². The number of nitrogens with zero attached hydrogens (tertiary/aromatic N) is 3. The molecular weight excluding hydrogens is 204 g/mol. The van der Waals surface area contributed by atoms with Crippen molar-refractivity contribution in [2.24, 2.45) is 0 Å². The maximum absolute atomic E-state index is 5.30. The molecule has 1 aliphatic rings. The van der Waals surface area contributed by atoms with Crippen LogP contribution in [0.5, 0.6) is 0 Å². The maximum Gasteiger partial charge on any atom is 0.199 e. The van der Waals surface area contributed by atoms with E-state index in [2.05, 4.69) is 26.5 Å². The van der Waals surface area contributed by atoms with Gasteiger partial charge in [-0.05, 0) is 19.0 Å². The molecule has 0 spiro atoms. The quantitative estimate of drug-likeness (QED) is 0.730. The molecule has 0 atom stereocenters. The summed E-state index contributed by atoms with van der Waals surface area (Å²) in [6, 6.07) is 1.85. The van der Waals surface area contributed by atoms with Crippen LogP contribution in [0.4, 0.5) is 5.82 Å². The molecule has 0 saturated carbocycles. The minimum atomic E-state index is 0.844. The van der Waals surface area contributed by atoms with E-state index in [1.54, 1.807) is 6.20 Å². The van der Waals surface area contributed by atoms with Crippen molar-refractivity contribution in [3.05, 3.63) is 18.6 Å². The Morgan fingerprint density at radius 3 is 3.06 bits per heavy atom. The van der Waals surface area contributed by atoms with Gasteiger partial charge in [-0.1, -0.05) is 0 Å². The largest absolute Gasteiger partial charge is 0.379 e. The van der Waals surface area contributed by atoms with Crippen LogP contribution in [0.15, 0.2) is 12.3 Å². The summed E-state index contributed by atoms with van der Waals surface area (Å²) in [6.07, 6.45) is 5.37. The van der Waals surface area contributed by atoms with E-state index in [0.717, 1.165) is 51.6 Å². The molecule has 1 aromatic heterocycles. The lowest BCUT2D eigenvalue weighted by Crippen LogP contribution is -2.37. The second-order valence-corrected chi connectivity index (χ2v) is 3.78. The van der Waals surface area contributed by atoms with Crippen molar-refractivity contribution in [1.29, 1.82) is 0 Å². The van der Waals surface area contributed by atoms with Gasteiger partial charge in [0, 0.05) is 25.8 Å². The maximum atomic E-state index is 5.30. The Morgan fingerprint density at radius 1 is 1.44 bits per heavy atom. The van der Waals surface area contributed by atoms with Crippen molar-refractivity contribution < 1.29 is 4.74 Å². The average Bonchev–Trinajstić information content (AvgIpc) is 2.37. The Kier molecular flexibility index (Phi) is 4.51. The molecule has 5 heteroatoms. The normalized spacial score (nSPS) is 17.2. The zero-order chi connectivity index (χ0) is 11.1. The third-order valence-electron chi connectivity index (χ3n) is 2.60. The summed E-state index contributed by atoms with van der Waals surface area (Å²) in [5.41, 5.74) is 0. The molecule has 5 nitrogen and oxygen atoms in total. The molecule has 1 N–H and O–H groups in total. The second-order valence-electron chi connectivity index (χ2n) is 3.78. The average molecular weight is 221 g/mol. The predicted octanol–water partition coefficient (Wildman–Crippen LogP) is 0.411. The number of ether oxygens (including phenoxy) is 1. The van der Waals surface area contributed by atoms with E-state index in [4.69, 9.17) is 4.74 Å². The number of hydrogen-bond acceptors (Lipinski definition) is 5. The molecule has 0 bridgehead atoms. The lowest BCUT2D eigenvalue weighted by Gasteiger charge is -2.26. The summed E-state index contributed by atoms with van der Waals surface area (Å²) in [5.74, 6) is 0.844. The van der Waals surface area contributed by atoms with E-state index >= 15 is 0 Å². The number of hydrogen-bond donors (Lipinski definition) is 1. The highest BCUT2D eigenvalue weighted by Gasteiger charge is 2.08. The van der Waals surface area contributed by atoms with E-state index in [1.807, 2.05) is 6.07 Å². The van der Waals surface area contributed by atoms with Crippen molar-refractivity contribution in [3.8, 4) is 0 Å². The van der Waals surface area contributed by atoms with Crippen molar-refractivity contribution in [2.75, 3.05) is 44.7 Å². The molecule has 16 heavy (non-hydrogen) atoms. The highest BCUT2D eigenvalue weighted by Crippen LogP contribution is 2.00. The number of anilines is 1. The van der Waals surface area contributed by atoms with Crippen molar-refractivity contribution >= 4 is 5.82 Å². The fraction of sp³-hybridized carbons (Fsp3) is 0.636. The van der Waals surface area contributed by atoms with Crippen LogP contribution in [0.3, 0.4) is 0 Å². The van der Waals surface area contributed by atoms with Crippen molar-refractivity contribution in [1.82, 2.24) is 14.9 Å². The minimum Gasteiger partial charge on any atom is -0.379 e. The first-order valence-electron chi connectivity index (χ1n) is 5.68. The highest BCUT2D eigenvalue weighted by atomic mass is 16.5. The molecule has 2 rings (SSSR count). The molecular formula is C11H17N4O. The fourth-order valence-electron chi connectivity index (χ4n) is 1.70.